The van der Waals surface area contributed by atoms with E-state index >= 15 is 0 Å². The molecule has 0 saturated heterocycles. The number of oxime groups is 1. The lowest BCUT2D eigenvalue weighted by Crippen LogP contribution is -2.36. The van der Waals surface area contributed by atoms with E-state index in [-0.39, 0.29) is 5.91 Å². The highest BCUT2D eigenvalue weighted by molar-refractivity contribution is 5.92. The Morgan fingerprint density at radius 2 is 2.32 bits per heavy atom. The number of methoxy groups -OCH3 is 1. The van der Waals surface area contributed by atoms with Gasteiger partial charge in [-0.2, -0.15) is 5.10 Å². The van der Waals surface area contributed by atoms with E-state index in [9.17, 15) is 4.79 Å². The summed E-state index contributed by atoms with van der Waals surface area (Å²) in [6.07, 6.45) is 4.53. The molecule has 1 aromatic carbocycles. The van der Waals surface area contributed by atoms with Crippen molar-refractivity contribution >= 4 is 11.6 Å². The zero-order valence-corrected chi connectivity index (χ0v) is 14.7. The van der Waals surface area contributed by atoms with E-state index in [0.29, 0.717) is 13.0 Å². The molecule has 0 saturated carbocycles. The second-order valence-electron chi connectivity index (χ2n) is 6.00. The third-order valence-corrected chi connectivity index (χ3v) is 4.16. The molecule has 0 fully saturated rings. The fourth-order valence-corrected chi connectivity index (χ4v) is 2.70. The van der Waals surface area contributed by atoms with Crippen molar-refractivity contribution < 1.29 is 14.4 Å². The minimum Gasteiger partial charge on any atom is -0.497 e. The molecule has 0 radical (unpaired) electrons. The summed E-state index contributed by atoms with van der Waals surface area (Å²) in [6.45, 7) is 2.47. The topological polar surface area (TPSA) is 69.0 Å². The quantitative estimate of drug-likeness (QED) is 0.808. The monoisotopic (exact) mass is 342 g/mol. The zero-order valence-electron chi connectivity index (χ0n) is 14.7. The predicted octanol–water partition coefficient (Wildman–Crippen LogP) is 2.39. The van der Waals surface area contributed by atoms with E-state index < -0.39 is 6.10 Å². The molecule has 3 rings (SSSR count). The number of amides is 1. The first-order chi connectivity index (χ1) is 12.1. The highest BCUT2D eigenvalue weighted by atomic mass is 16.6. The summed E-state index contributed by atoms with van der Waals surface area (Å²) in [6, 6.07) is 7.65. The molecule has 0 bridgehead atoms. The molecule has 0 aliphatic carbocycles. The van der Waals surface area contributed by atoms with Gasteiger partial charge in [-0.15, -0.1) is 0 Å². The van der Waals surface area contributed by atoms with Crippen LogP contribution in [-0.2, 0) is 16.2 Å². The Kier molecular flexibility index (Phi) is 5.02. The second-order valence-corrected chi connectivity index (χ2v) is 6.00. The van der Waals surface area contributed by atoms with Gasteiger partial charge < -0.3 is 14.5 Å². The summed E-state index contributed by atoms with van der Waals surface area (Å²) in [5.74, 6) is 0.702. The van der Waals surface area contributed by atoms with Crippen LogP contribution in [0.1, 0.15) is 25.3 Å². The average Bonchev–Trinajstić information content (AvgIpc) is 3.30. The first kappa shape index (κ1) is 17.0. The van der Waals surface area contributed by atoms with E-state index in [0.717, 1.165) is 29.1 Å². The fraction of sp³-hybridized carbons (Fsp3) is 0.389. The molecule has 2 aromatic rings. The van der Waals surface area contributed by atoms with Gasteiger partial charge in [-0.05, 0) is 18.6 Å². The number of nitrogens with zero attached hydrogens (tertiary/aromatic N) is 4. The van der Waals surface area contributed by atoms with Crippen LogP contribution in [0.2, 0.25) is 0 Å². The second kappa shape index (κ2) is 7.38. The summed E-state index contributed by atoms with van der Waals surface area (Å²) in [4.78, 5) is 19.3. The molecule has 1 aromatic heterocycles. The Morgan fingerprint density at radius 1 is 1.48 bits per heavy atom. The van der Waals surface area contributed by atoms with Crippen molar-refractivity contribution in [3.8, 4) is 11.4 Å². The highest BCUT2D eigenvalue weighted by Crippen LogP contribution is 2.18. The van der Waals surface area contributed by atoms with Gasteiger partial charge in [-0.25, -0.2) is 4.68 Å². The fourth-order valence-electron chi connectivity index (χ4n) is 2.70. The third-order valence-electron chi connectivity index (χ3n) is 4.16. The molecule has 1 atom stereocenters. The molecule has 1 amide bonds. The molecule has 1 aliphatic rings. The molecule has 0 spiro atoms. The number of benzene rings is 1. The van der Waals surface area contributed by atoms with Crippen LogP contribution >= 0.6 is 0 Å². The largest absolute Gasteiger partial charge is 0.497 e. The van der Waals surface area contributed by atoms with Gasteiger partial charge in [0.1, 0.15) is 5.75 Å². The number of likely N-dealkylation sites (N-methyl/N-ethyl adjacent to an activating group) is 1. The van der Waals surface area contributed by atoms with Crippen LogP contribution in [0.3, 0.4) is 0 Å². The van der Waals surface area contributed by atoms with E-state index in [1.54, 1.807) is 29.9 Å². The standard InChI is InChI=1S/C18H22N4O3/c1-4-14-8-17(25-20-14)18(23)21(2)11-13-10-19-22(12-13)15-6-5-7-16(9-15)24-3/h5-7,9-10,12,17H,4,8,11H2,1-3H3/t17-/m0/s1. The molecular formula is C18H22N4O3. The Hall–Kier alpha value is -2.83. The number of aromatic nitrogens is 2. The Balaban J connectivity index is 1.64. The maximum absolute atomic E-state index is 12.5. The third kappa shape index (κ3) is 3.81. The van der Waals surface area contributed by atoms with Gasteiger partial charge in [-0.1, -0.05) is 18.1 Å². The first-order valence-corrected chi connectivity index (χ1v) is 8.25. The molecule has 0 N–H and O–H groups in total. The molecule has 7 nitrogen and oxygen atoms in total. The van der Waals surface area contributed by atoms with Crippen molar-refractivity contribution in [2.45, 2.75) is 32.4 Å². The van der Waals surface area contributed by atoms with Gasteiger partial charge in [-0.3, -0.25) is 4.79 Å². The molecule has 0 unspecified atom stereocenters. The van der Waals surface area contributed by atoms with Gasteiger partial charge >= 0.3 is 0 Å². The van der Waals surface area contributed by atoms with Crippen LogP contribution in [-0.4, -0.2) is 46.6 Å². The Bertz CT molecular complexity index is 784. The molecule has 25 heavy (non-hydrogen) atoms. The van der Waals surface area contributed by atoms with Crippen LogP contribution < -0.4 is 4.74 Å². The molecule has 132 valence electrons. The SMILES string of the molecule is CCC1=NO[C@H](C(=O)N(C)Cc2cnn(-c3cccc(OC)c3)c2)C1. The van der Waals surface area contributed by atoms with Crippen LogP contribution in [0.25, 0.3) is 5.69 Å². The summed E-state index contributed by atoms with van der Waals surface area (Å²) >= 11 is 0. The van der Waals surface area contributed by atoms with E-state index in [1.165, 1.54) is 0 Å². The Morgan fingerprint density at radius 3 is 3.04 bits per heavy atom. The van der Waals surface area contributed by atoms with Crippen molar-refractivity contribution in [2.24, 2.45) is 5.16 Å². The maximum Gasteiger partial charge on any atom is 0.266 e. The number of hydrogen-bond acceptors (Lipinski definition) is 5. The summed E-state index contributed by atoms with van der Waals surface area (Å²) < 4.78 is 7.00. The first-order valence-electron chi connectivity index (χ1n) is 8.25. The molecule has 2 heterocycles. The van der Waals surface area contributed by atoms with Crippen LogP contribution in [0, 0.1) is 0 Å². The van der Waals surface area contributed by atoms with Crippen molar-refractivity contribution in [2.75, 3.05) is 14.2 Å². The van der Waals surface area contributed by atoms with Crippen LogP contribution in [0.4, 0.5) is 0 Å². The van der Waals surface area contributed by atoms with Gasteiger partial charge in [0, 0.05) is 37.8 Å². The van der Waals surface area contributed by atoms with Crippen LogP contribution in [0.15, 0.2) is 41.8 Å². The maximum atomic E-state index is 12.5. The van der Waals surface area contributed by atoms with Crippen molar-refractivity contribution in [3.63, 3.8) is 0 Å². The lowest BCUT2D eigenvalue weighted by molar-refractivity contribution is -0.141. The predicted molar refractivity (Wildman–Crippen MR) is 93.8 cm³/mol. The smallest absolute Gasteiger partial charge is 0.266 e. The summed E-state index contributed by atoms with van der Waals surface area (Å²) in [5, 5.41) is 8.31. The molecular weight excluding hydrogens is 320 g/mol. The normalized spacial score (nSPS) is 16.3. The number of ether oxygens (including phenoxy) is 1. The van der Waals surface area contributed by atoms with E-state index in [2.05, 4.69) is 10.3 Å². The number of hydrogen-bond donors (Lipinski definition) is 0. The van der Waals surface area contributed by atoms with E-state index in [4.69, 9.17) is 9.57 Å². The number of carbonyl (C=O) groups excluding carboxylic acids is 1. The summed E-state index contributed by atoms with van der Waals surface area (Å²) in [7, 11) is 3.39. The minimum absolute atomic E-state index is 0.0682. The zero-order chi connectivity index (χ0) is 17.8. The molecule has 7 heteroatoms. The minimum atomic E-state index is -0.506. The Labute approximate surface area is 146 Å². The average molecular weight is 342 g/mol. The van der Waals surface area contributed by atoms with Crippen molar-refractivity contribution in [3.05, 3.63) is 42.2 Å². The van der Waals surface area contributed by atoms with Gasteiger partial charge in [0.25, 0.3) is 5.91 Å². The van der Waals surface area contributed by atoms with Gasteiger partial charge in [0.2, 0.25) is 6.10 Å². The van der Waals surface area contributed by atoms with Crippen LogP contribution in [0.5, 0.6) is 5.75 Å². The van der Waals surface area contributed by atoms with Gasteiger partial charge in [0.05, 0.1) is 24.7 Å². The lowest BCUT2D eigenvalue weighted by atomic mass is 10.1. The van der Waals surface area contributed by atoms with E-state index in [1.807, 2.05) is 37.4 Å². The van der Waals surface area contributed by atoms with Crippen molar-refractivity contribution in [1.82, 2.24) is 14.7 Å². The number of rotatable bonds is 6. The van der Waals surface area contributed by atoms with Gasteiger partial charge in [0.15, 0.2) is 0 Å². The highest BCUT2D eigenvalue weighted by Gasteiger charge is 2.29. The lowest BCUT2D eigenvalue weighted by Gasteiger charge is -2.19. The van der Waals surface area contributed by atoms with Crippen molar-refractivity contribution in [1.29, 1.82) is 0 Å². The number of carbonyl (C=O) groups is 1. The summed E-state index contributed by atoms with van der Waals surface area (Å²) in [5.41, 5.74) is 2.77. The molecule has 1 aliphatic heterocycles.